The second-order valence-corrected chi connectivity index (χ2v) is 4.85. The largest absolute Gasteiger partial charge is 0.481 e. The van der Waals surface area contributed by atoms with E-state index in [0.717, 1.165) is 0 Å². The highest BCUT2D eigenvalue weighted by Crippen LogP contribution is 2.13. The van der Waals surface area contributed by atoms with Crippen molar-refractivity contribution in [2.75, 3.05) is 0 Å². The minimum Gasteiger partial charge on any atom is -0.481 e. The monoisotopic (exact) mass is 322 g/mol. The third kappa shape index (κ3) is 6.16. The summed E-state index contributed by atoms with van der Waals surface area (Å²) in [6, 6.07) is 4.88. The molecule has 0 aliphatic heterocycles. The van der Waals surface area contributed by atoms with Gasteiger partial charge in [0.2, 0.25) is 5.91 Å². The maximum absolute atomic E-state index is 12.0. The molecular formula is C15H18N2O6. The molecule has 8 heteroatoms. The third-order valence-electron chi connectivity index (χ3n) is 2.99. The fourth-order valence-electron chi connectivity index (χ4n) is 1.72. The summed E-state index contributed by atoms with van der Waals surface area (Å²) >= 11 is 0. The van der Waals surface area contributed by atoms with Gasteiger partial charge in [0.15, 0.2) is 6.10 Å². The number of aliphatic carboxylic acids is 1. The van der Waals surface area contributed by atoms with Crippen molar-refractivity contribution < 1.29 is 29.0 Å². The van der Waals surface area contributed by atoms with Crippen LogP contribution in [0.25, 0.3) is 0 Å². The van der Waals surface area contributed by atoms with Gasteiger partial charge in [0.1, 0.15) is 18.1 Å². The highest BCUT2D eigenvalue weighted by Gasteiger charge is 2.24. The van der Waals surface area contributed by atoms with Gasteiger partial charge < -0.3 is 20.9 Å². The van der Waals surface area contributed by atoms with Gasteiger partial charge >= 0.3 is 5.97 Å². The van der Waals surface area contributed by atoms with Crippen LogP contribution in [0.15, 0.2) is 24.3 Å². The van der Waals surface area contributed by atoms with Crippen LogP contribution in [-0.2, 0) is 14.4 Å². The Labute approximate surface area is 132 Å². The molecule has 0 heterocycles. The Morgan fingerprint density at radius 3 is 2.39 bits per heavy atom. The fraction of sp³-hybridized carbons (Fsp3) is 0.333. The van der Waals surface area contributed by atoms with Crippen LogP contribution >= 0.6 is 0 Å². The fourth-order valence-corrected chi connectivity index (χ4v) is 1.72. The van der Waals surface area contributed by atoms with Gasteiger partial charge in [0.05, 0.1) is 0 Å². The molecule has 2 unspecified atom stereocenters. The van der Waals surface area contributed by atoms with Gasteiger partial charge in [-0.1, -0.05) is 0 Å². The first-order chi connectivity index (χ1) is 10.8. The van der Waals surface area contributed by atoms with Crippen molar-refractivity contribution in [2.45, 2.75) is 31.9 Å². The lowest BCUT2D eigenvalue weighted by atomic mass is 10.1. The Kier molecular flexibility index (Phi) is 6.72. The molecule has 2 atom stereocenters. The number of benzene rings is 1. The molecule has 2 amide bonds. The number of carboxylic acids is 1. The van der Waals surface area contributed by atoms with Crippen LogP contribution in [0, 0.1) is 0 Å². The lowest BCUT2D eigenvalue weighted by Crippen LogP contribution is -2.46. The summed E-state index contributed by atoms with van der Waals surface area (Å²) < 4.78 is 5.37. The van der Waals surface area contributed by atoms with Crippen LogP contribution in [0.1, 0.15) is 30.1 Å². The quantitative estimate of drug-likeness (QED) is 0.552. The van der Waals surface area contributed by atoms with E-state index in [9.17, 15) is 19.2 Å². The van der Waals surface area contributed by atoms with E-state index in [1.54, 1.807) is 0 Å². The van der Waals surface area contributed by atoms with Gasteiger partial charge in [-0.25, -0.2) is 4.79 Å². The molecule has 23 heavy (non-hydrogen) atoms. The van der Waals surface area contributed by atoms with Crippen LogP contribution in [0.5, 0.6) is 5.75 Å². The van der Waals surface area contributed by atoms with Gasteiger partial charge in [-0.05, 0) is 37.6 Å². The molecule has 0 spiro atoms. The second kappa shape index (κ2) is 8.52. The van der Waals surface area contributed by atoms with Crippen molar-refractivity contribution in [3.63, 3.8) is 0 Å². The molecule has 8 nitrogen and oxygen atoms in total. The molecule has 1 aromatic carbocycles. The topological polar surface area (TPSA) is 136 Å². The first kappa shape index (κ1) is 18.1. The van der Waals surface area contributed by atoms with E-state index in [1.165, 1.54) is 31.2 Å². The van der Waals surface area contributed by atoms with Crippen molar-refractivity contribution in [2.24, 2.45) is 5.73 Å². The standard InChI is InChI=1S/C15H18N2O6/c1-9(23-11-4-2-10(8-18)3-5-11)14(20)17-12(15(21)22)6-7-13(16)19/h2-5,8-9,12H,6-7H2,1H3,(H2,16,19)(H,17,20)(H,21,22). The number of nitrogens with two attached hydrogens (primary N) is 1. The van der Waals surface area contributed by atoms with Crippen molar-refractivity contribution >= 4 is 24.1 Å². The summed E-state index contributed by atoms with van der Waals surface area (Å²) in [5.74, 6) is -2.18. The Hall–Kier alpha value is -2.90. The molecule has 1 aromatic rings. The molecule has 0 saturated carbocycles. The van der Waals surface area contributed by atoms with Gasteiger partial charge in [0.25, 0.3) is 5.91 Å². The zero-order chi connectivity index (χ0) is 17.4. The molecule has 124 valence electrons. The van der Waals surface area contributed by atoms with Gasteiger partial charge in [-0.15, -0.1) is 0 Å². The minimum absolute atomic E-state index is 0.100. The maximum Gasteiger partial charge on any atom is 0.326 e. The molecule has 1 rings (SSSR count). The van der Waals surface area contributed by atoms with E-state index in [2.05, 4.69) is 5.32 Å². The van der Waals surface area contributed by atoms with Crippen LogP contribution in [0.2, 0.25) is 0 Å². The van der Waals surface area contributed by atoms with E-state index in [-0.39, 0.29) is 12.8 Å². The Morgan fingerprint density at radius 2 is 1.91 bits per heavy atom. The first-order valence-electron chi connectivity index (χ1n) is 6.87. The van der Waals surface area contributed by atoms with E-state index in [4.69, 9.17) is 15.6 Å². The van der Waals surface area contributed by atoms with Crippen molar-refractivity contribution in [1.82, 2.24) is 5.32 Å². The number of aldehydes is 1. The molecule has 4 N–H and O–H groups in total. The summed E-state index contributed by atoms with van der Waals surface area (Å²) in [6.07, 6.45) is -0.528. The molecule has 0 radical (unpaired) electrons. The summed E-state index contributed by atoms with van der Waals surface area (Å²) in [5, 5.41) is 11.3. The Bertz CT molecular complexity index is 584. The summed E-state index contributed by atoms with van der Waals surface area (Å²) in [7, 11) is 0. The number of amides is 2. The SMILES string of the molecule is CC(Oc1ccc(C=O)cc1)C(=O)NC(CCC(N)=O)C(=O)O. The first-order valence-corrected chi connectivity index (χ1v) is 6.87. The van der Waals surface area contributed by atoms with Crippen molar-refractivity contribution in [1.29, 1.82) is 0 Å². The number of hydrogen-bond donors (Lipinski definition) is 3. The summed E-state index contributed by atoms with van der Waals surface area (Å²) in [5.41, 5.74) is 5.43. The van der Waals surface area contributed by atoms with Gasteiger partial charge in [-0.2, -0.15) is 0 Å². The zero-order valence-corrected chi connectivity index (χ0v) is 12.5. The van der Waals surface area contributed by atoms with Crippen molar-refractivity contribution in [3.8, 4) is 5.75 Å². The van der Waals surface area contributed by atoms with Crippen LogP contribution in [0.3, 0.4) is 0 Å². The third-order valence-corrected chi connectivity index (χ3v) is 2.99. The summed E-state index contributed by atoms with van der Waals surface area (Å²) in [6.45, 7) is 1.45. The predicted molar refractivity (Wildman–Crippen MR) is 79.9 cm³/mol. The lowest BCUT2D eigenvalue weighted by Gasteiger charge is -2.18. The number of carbonyl (C=O) groups excluding carboxylic acids is 3. The maximum atomic E-state index is 12.0. The minimum atomic E-state index is -1.26. The molecule has 0 aromatic heterocycles. The lowest BCUT2D eigenvalue weighted by molar-refractivity contribution is -0.143. The number of rotatable bonds is 9. The normalized spacial score (nSPS) is 12.7. The number of carbonyl (C=O) groups is 4. The van der Waals surface area contributed by atoms with E-state index in [1.807, 2.05) is 0 Å². The van der Waals surface area contributed by atoms with Crippen molar-refractivity contribution in [3.05, 3.63) is 29.8 Å². The highest BCUT2D eigenvalue weighted by atomic mass is 16.5. The number of primary amides is 1. The van der Waals surface area contributed by atoms with Crippen LogP contribution < -0.4 is 15.8 Å². The number of nitrogens with one attached hydrogen (secondary N) is 1. The van der Waals surface area contributed by atoms with E-state index < -0.39 is 29.9 Å². The number of hydrogen-bond acceptors (Lipinski definition) is 5. The molecule has 0 fully saturated rings. The molecule has 0 saturated heterocycles. The average molecular weight is 322 g/mol. The van der Waals surface area contributed by atoms with Gasteiger partial charge in [0, 0.05) is 12.0 Å². The van der Waals surface area contributed by atoms with E-state index >= 15 is 0 Å². The number of ether oxygens (including phenoxy) is 1. The highest BCUT2D eigenvalue weighted by molar-refractivity contribution is 5.86. The van der Waals surface area contributed by atoms with E-state index in [0.29, 0.717) is 17.6 Å². The smallest absolute Gasteiger partial charge is 0.326 e. The summed E-state index contributed by atoms with van der Waals surface area (Å²) in [4.78, 5) is 44.3. The second-order valence-electron chi connectivity index (χ2n) is 4.85. The molecule has 0 aliphatic carbocycles. The molecule has 0 bridgehead atoms. The van der Waals surface area contributed by atoms with Crippen LogP contribution in [-0.4, -0.2) is 41.3 Å². The molecule has 0 aliphatic rings. The zero-order valence-electron chi connectivity index (χ0n) is 12.5. The Balaban J connectivity index is 2.61. The average Bonchev–Trinajstić information content (AvgIpc) is 2.51. The number of carboxylic acid groups (broad SMARTS) is 1. The Morgan fingerprint density at radius 1 is 1.30 bits per heavy atom. The van der Waals surface area contributed by atoms with Crippen LogP contribution in [0.4, 0.5) is 0 Å². The molecular weight excluding hydrogens is 304 g/mol. The van der Waals surface area contributed by atoms with Gasteiger partial charge in [-0.3, -0.25) is 14.4 Å². The predicted octanol–water partition coefficient (Wildman–Crippen LogP) is 0.101.